The third-order valence-corrected chi connectivity index (χ3v) is 3.73. The van der Waals surface area contributed by atoms with Crippen molar-refractivity contribution in [3.63, 3.8) is 0 Å². The maximum absolute atomic E-state index is 11.6. The monoisotopic (exact) mass is 291 g/mol. The Hall–Kier alpha value is -1.75. The van der Waals surface area contributed by atoms with Crippen molar-refractivity contribution in [2.24, 2.45) is 0 Å². The molecule has 0 unspecified atom stereocenters. The summed E-state index contributed by atoms with van der Waals surface area (Å²) in [5, 5.41) is 0. The molecular weight excluding hydrogens is 266 g/mol. The number of nitrogens with one attached hydrogen (secondary N) is 2. The average Bonchev–Trinajstić information content (AvgIpc) is 2.86. The molecule has 2 rings (SSSR count). The van der Waals surface area contributed by atoms with Crippen molar-refractivity contribution in [2.45, 2.75) is 33.1 Å². The quantitative estimate of drug-likeness (QED) is 0.785. The molecule has 5 nitrogen and oxygen atoms in total. The van der Waals surface area contributed by atoms with Crippen LogP contribution in [0.25, 0.3) is 11.0 Å². The molecule has 0 bridgehead atoms. The molecule has 0 aliphatic rings. The molecule has 0 aliphatic carbocycles. The van der Waals surface area contributed by atoms with Crippen LogP contribution in [-0.4, -0.2) is 41.6 Å². The maximum Gasteiger partial charge on any atom is 0.323 e. The van der Waals surface area contributed by atoms with Crippen molar-refractivity contribution in [3.8, 4) is 5.75 Å². The van der Waals surface area contributed by atoms with Crippen LogP contribution in [0.2, 0.25) is 0 Å². The maximum atomic E-state index is 11.6. The van der Waals surface area contributed by atoms with Crippen LogP contribution in [0, 0.1) is 0 Å². The zero-order valence-electron chi connectivity index (χ0n) is 13.2. The molecule has 1 aromatic heterocycles. The molecule has 5 heteroatoms. The summed E-state index contributed by atoms with van der Waals surface area (Å²) in [5.74, 6) is 0.700. The molecule has 2 N–H and O–H groups in total. The van der Waals surface area contributed by atoms with Gasteiger partial charge in [-0.15, -0.1) is 0 Å². The lowest BCUT2D eigenvalue weighted by molar-refractivity contribution is 0.278. The van der Waals surface area contributed by atoms with Crippen LogP contribution in [0.4, 0.5) is 0 Å². The third-order valence-electron chi connectivity index (χ3n) is 3.73. The van der Waals surface area contributed by atoms with Gasteiger partial charge in [0.1, 0.15) is 11.3 Å². The number of rotatable bonds is 8. The summed E-state index contributed by atoms with van der Waals surface area (Å²) in [7, 11) is 1.62. The smallest absolute Gasteiger partial charge is 0.323 e. The second kappa shape index (κ2) is 7.31. The van der Waals surface area contributed by atoms with Gasteiger partial charge in [-0.25, -0.2) is 4.79 Å². The van der Waals surface area contributed by atoms with Gasteiger partial charge in [0.25, 0.3) is 0 Å². The largest absolute Gasteiger partial charge is 0.494 e. The summed E-state index contributed by atoms with van der Waals surface area (Å²) in [6.07, 6.45) is 3.26. The van der Waals surface area contributed by atoms with Crippen molar-refractivity contribution in [3.05, 3.63) is 28.2 Å². The van der Waals surface area contributed by atoms with Crippen LogP contribution in [0.1, 0.15) is 32.3 Å². The lowest BCUT2D eigenvalue weighted by Crippen LogP contribution is -2.27. The minimum absolute atomic E-state index is 0.185. The number of hydrogen-bond donors (Lipinski definition) is 2. The van der Waals surface area contributed by atoms with Gasteiger partial charge in [-0.05, 0) is 44.0 Å². The summed E-state index contributed by atoms with van der Waals surface area (Å²) >= 11 is 0. The molecule has 0 spiro atoms. The molecule has 0 atom stereocenters. The predicted octanol–water partition coefficient (Wildman–Crippen LogP) is 2.53. The van der Waals surface area contributed by atoms with Crippen LogP contribution < -0.4 is 10.4 Å². The Balaban J connectivity index is 2.20. The first-order valence-corrected chi connectivity index (χ1v) is 7.69. The van der Waals surface area contributed by atoms with E-state index in [9.17, 15) is 4.79 Å². The highest BCUT2D eigenvalue weighted by Crippen LogP contribution is 2.24. The van der Waals surface area contributed by atoms with E-state index in [1.165, 1.54) is 12.8 Å². The van der Waals surface area contributed by atoms with E-state index >= 15 is 0 Å². The van der Waals surface area contributed by atoms with Gasteiger partial charge >= 0.3 is 5.69 Å². The Morgan fingerprint density at radius 2 is 1.71 bits per heavy atom. The first-order chi connectivity index (χ1) is 10.2. The van der Waals surface area contributed by atoms with Crippen LogP contribution in [0.15, 0.2) is 16.9 Å². The highest BCUT2D eigenvalue weighted by Gasteiger charge is 2.11. The molecular formula is C16H25N3O2. The minimum atomic E-state index is -0.185. The molecule has 0 saturated heterocycles. The first kappa shape index (κ1) is 15.6. The fourth-order valence-corrected chi connectivity index (χ4v) is 2.78. The zero-order chi connectivity index (χ0) is 15.2. The minimum Gasteiger partial charge on any atom is -0.494 e. The summed E-state index contributed by atoms with van der Waals surface area (Å²) in [5.41, 5.74) is 2.60. The topological polar surface area (TPSA) is 61.1 Å². The average molecular weight is 291 g/mol. The second-order valence-corrected chi connectivity index (χ2v) is 5.35. The SMILES string of the molecule is CCCN(CCC)CCc1ccc(OC)c2[nH]c(=O)[nH]c12. The molecule has 0 amide bonds. The van der Waals surface area contributed by atoms with Crippen molar-refractivity contribution in [2.75, 3.05) is 26.7 Å². The van der Waals surface area contributed by atoms with E-state index < -0.39 is 0 Å². The molecule has 0 radical (unpaired) electrons. The number of methoxy groups -OCH3 is 1. The highest BCUT2D eigenvalue weighted by molar-refractivity contribution is 5.84. The third kappa shape index (κ3) is 3.67. The molecule has 21 heavy (non-hydrogen) atoms. The van der Waals surface area contributed by atoms with E-state index in [0.717, 1.165) is 42.7 Å². The van der Waals surface area contributed by atoms with E-state index in [2.05, 4.69) is 28.7 Å². The van der Waals surface area contributed by atoms with E-state index in [1.807, 2.05) is 12.1 Å². The Bertz CT molecular complexity index is 624. The summed E-state index contributed by atoms with van der Waals surface area (Å²) in [4.78, 5) is 19.7. The molecule has 1 aromatic carbocycles. The highest BCUT2D eigenvalue weighted by atomic mass is 16.5. The van der Waals surface area contributed by atoms with Gasteiger partial charge in [-0.2, -0.15) is 0 Å². The van der Waals surface area contributed by atoms with Crippen molar-refractivity contribution >= 4 is 11.0 Å². The molecule has 1 heterocycles. The Morgan fingerprint density at radius 3 is 2.33 bits per heavy atom. The zero-order valence-corrected chi connectivity index (χ0v) is 13.2. The number of ether oxygens (including phenoxy) is 1. The number of H-pyrrole nitrogens is 2. The van der Waals surface area contributed by atoms with Crippen molar-refractivity contribution < 1.29 is 4.74 Å². The number of aromatic nitrogens is 2. The van der Waals surface area contributed by atoms with Crippen LogP contribution in [0.5, 0.6) is 5.75 Å². The van der Waals surface area contributed by atoms with Gasteiger partial charge < -0.3 is 19.6 Å². The summed E-state index contributed by atoms with van der Waals surface area (Å²) in [6.45, 7) is 7.67. The number of nitrogens with zero attached hydrogens (tertiary/aromatic N) is 1. The molecule has 116 valence electrons. The second-order valence-electron chi connectivity index (χ2n) is 5.35. The van der Waals surface area contributed by atoms with Crippen LogP contribution in [-0.2, 0) is 6.42 Å². The van der Waals surface area contributed by atoms with Crippen LogP contribution >= 0.6 is 0 Å². The Kier molecular flexibility index (Phi) is 5.44. The summed E-state index contributed by atoms with van der Waals surface area (Å²) in [6, 6.07) is 3.96. The number of benzene rings is 1. The van der Waals surface area contributed by atoms with Crippen molar-refractivity contribution in [1.29, 1.82) is 0 Å². The number of aromatic amines is 2. The van der Waals surface area contributed by atoms with Gasteiger partial charge in [-0.1, -0.05) is 19.9 Å². The summed E-state index contributed by atoms with van der Waals surface area (Å²) < 4.78 is 5.30. The molecule has 0 aliphatic heterocycles. The lowest BCUT2D eigenvalue weighted by Gasteiger charge is -2.21. The number of hydrogen-bond acceptors (Lipinski definition) is 3. The standard InChI is InChI=1S/C16H25N3O2/c1-4-9-19(10-5-2)11-8-12-6-7-13(21-3)15-14(12)17-16(20)18-15/h6-7H,4-5,8-11H2,1-3H3,(H2,17,18,20). The Labute approximate surface area is 125 Å². The fourth-order valence-electron chi connectivity index (χ4n) is 2.78. The predicted molar refractivity (Wildman–Crippen MR) is 86.2 cm³/mol. The van der Waals surface area contributed by atoms with Gasteiger partial charge in [0.15, 0.2) is 0 Å². The van der Waals surface area contributed by atoms with E-state index in [-0.39, 0.29) is 5.69 Å². The lowest BCUT2D eigenvalue weighted by atomic mass is 10.1. The fraction of sp³-hybridized carbons (Fsp3) is 0.562. The number of fused-ring (bicyclic) bond motifs is 1. The normalized spacial score (nSPS) is 11.4. The molecule has 2 aromatic rings. The van der Waals surface area contributed by atoms with Gasteiger partial charge in [-0.3, -0.25) is 0 Å². The van der Waals surface area contributed by atoms with Crippen molar-refractivity contribution in [1.82, 2.24) is 14.9 Å². The van der Waals surface area contributed by atoms with Gasteiger partial charge in [0.2, 0.25) is 0 Å². The van der Waals surface area contributed by atoms with E-state index in [4.69, 9.17) is 4.74 Å². The molecule has 0 saturated carbocycles. The van der Waals surface area contributed by atoms with Crippen LogP contribution in [0.3, 0.4) is 0 Å². The van der Waals surface area contributed by atoms with Gasteiger partial charge in [0, 0.05) is 6.54 Å². The molecule has 0 fully saturated rings. The Morgan fingerprint density at radius 1 is 1.05 bits per heavy atom. The van der Waals surface area contributed by atoms with Gasteiger partial charge in [0.05, 0.1) is 12.6 Å². The van der Waals surface area contributed by atoms with E-state index in [0.29, 0.717) is 5.75 Å². The first-order valence-electron chi connectivity index (χ1n) is 7.69. The van der Waals surface area contributed by atoms with E-state index in [1.54, 1.807) is 7.11 Å². The number of imidazole rings is 1.